The molecule has 1 aliphatic heterocycles. The summed E-state index contributed by atoms with van der Waals surface area (Å²) < 4.78 is 5.04. The van der Waals surface area contributed by atoms with E-state index >= 15 is 0 Å². The van der Waals surface area contributed by atoms with Gasteiger partial charge in [-0.15, -0.1) is 0 Å². The minimum atomic E-state index is -1.12. The second kappa shape index (κ2) is 10.9. The van der Waals surface area contributed by atoms with Crippen LogP contribution in [0.5, 0.6) is 0 Å². The monoisotopic (exact) mass is 414 g/mol. The molecule has 1 amide bonds. The van der Waals surface area contributed by atoms with Crippen LogP contribution in [0.3, 0.4) is 0 Å². The van der Waals surface area contributed by atoms with Gasteiger partial charge in [0.15, 0.2) is 0 Å². The van der Waals surface area contributed by atoms with Gasteiger partial charge in [-0.1, -0.05) is 23.7 Å². The minimum Gasteiger partial charge on any atom is -0.480 e. The fourth-order valence-electron chi connectivity index (χ4n) is 2.40. The molecule has 0 saturated carbocycles. The number of benzene rings is 1. The summed E-state index contributed by atoms with van der Waals surface area (Å²) in [5, 5.41) is 23.3. The normalized spacial score (nSPS) is 17.1. The lowest BCUT2D eigenvalue weighted by Gasteiger charge is -2.22. The molecular formula is C19H27ClN2O6. The second-order valence-electron chi connectivity index (χ2n) is 7.35. The topological polar surface area (TPSA) is 125 Å². The van der Waals surface area contributed by atoms with Gasteiger partial charge in [0.2, 0.25) is 0 Å². The Bertz CT molecular complexity index is 666. The highest BCUT2D eigenvalue weighted by Gasteiger charge is 2.24. The Balaban J connectivity index is 0.000000406. The van der Waals surface area contributed by atoms with Gasteiger partial charge in [-0.3, -0.25) is 4.79 Å². The van der Waals surface area contributed by atoms with Gasteiger partial charge < -0.3 is 25.6 Å². The summed E-state index contributed by atoms with van der Waals surface area (Å²) in [6, 6.07) is 5.46. The molecule has 156 valence electrons. The highest BCUT2D eigenvalue weighted by molar-refractivity contribution is 6.30. The Kier molecular flexibility index (Phi) is 9.21. The summed E-state index contributed by atoms with van der Waals surface area (Å²) in [7, 11) is 0. The van der Waals surface area contributed by atoms with Crippen molar-refractivity contribution in [2.75, 3.05) is 6.54 Å². The van der Waals surface area contributed by atoms with Gasteiger partial charge in [-0.2, -0.15) is 0 Å². The zero-order chi connectivity index (χ0) is 21.3. The lowest BCUT2D eigenvalue weighted by Crippen LogP contribution is -2.44. The van der Waals surface area contributed by atoms with Gasteiger partial charge in [0.1, 0.15) is 17.7 Å². The number of nitrogens with one attached hydrogen (secondary N) is 2. The van der Waals surface area contributed by atoms with E-state index in [1.807, 2.05) is 0 Å². The van der Waals surface area contributed by atoms with E-state index in [4.69, 9.17) is 26.6 Å². The molecule has 1 aromatic rings. The molecule has 0 bridgehead atoms. The van der Waals surface area contributed by atoms with Crippen molar-refractivity contribution in [3.8, 4) is 0 Å². The van der Waals surface area contributed by atoms with Crippen molar-refractivity contribution in [1.82, 2.24) is 10.6 Å². The van der Waals surface area contributed by atoms with Gasteiger partial charge in [-0.25, -0.2) is 9.59 Å². The summed E-state index contributed by atoms with van der Waals surface area (Å²) in [6.45, 7) is 5.99. The molecule has 1 aliphatic rings. The number of alkyl carbamates (subject to hydrolysis) is 1. The number of carbonyl (C=O) groups excluding carboxylic acids is 1. The molecule has 0 radical (unpaired) electrons. The van der Waals surface area contributed by atoms with Crippen molar-refractivity contribution >= 4 is 29.6 Å². The molecule has 8 nitrogen and oxygen atoms in total. The van der Waals surface area contributed by atoms with E-state index in [2.05, 4.69) is 10.6 Å². The maximum absolute atomic E-state index is 11.6. The summed E-state index contributed by atoms with van der Waals surface area (Å²) in [5.74, 6) is -1.84. The van der Waals surface area contributed by atoms with E-state index in [0.29, 0.717) is 5.02 Å². The van der Waals surface area contributed by atoms with Crippen LogP contribution in [0.2, 0.25) is 5.02 Å². The molecule has 2 atom stereocenters. The average Bonchev–Trinajstić information content (AvgIpc) is 3.10. The zero-order valence-electron chi connectivity index (χ0n) is 16.2. The van der Waals surface area contributed by atoms with Gasteiger partial charge in [0, 0.05) is 11.4 Å². The van der Waals surface area contributed by atoms with Crippen molar-refractivity contribution in [1.29, 1.82) is 0 Å². The lowest BCUT2D eigenvalue weighted by molar-refractivity contribution is -0.140. The highest BCUT2D eigenvalue weighted by atomic mass is 35.5. The molecule has 9 heteroatoms. The zero-order valence-corrected chi connectivity index (χ0v) is 17.0. The maximum Gasteiger partial charge on any atom is 0.408 e. The molecule has 0 aromatic heterocycles. The molecule has 0 aliphatic carbocycles. The second-order valence-corrected chi connectivity index (χ2v) is 7.79. The van der Waals surface area contributed by atoms with Crippen LogP contribution < -0.4 is 10.6 Å². The smallest absolute Gasteiger partial charge is 0.408 e. The van der Waals surface area contributed by atoms with Gasteiger partial charge >= 0.3 is 18.0 Å². The Morgan fingerprint density at radius 1 is 1.25 bits per heavy atom. The maximum atomic E-state index is 11.6. The number of carboxylic acid groups (broad SMARTS) is 2. The fraction of sp³-hybridized carbons (Fsp3) is 0.526. The van der Waals surface area contributed by atoms with Crippen LogP contribution in [0.15, 0.2) is 24.3 Å². The number of hydrogen-bond donors (Lipinski definition) is 4. The fourth-order valence-corrected chi connectivity index (χ4v) is 2.53. The Labute approximate surface area is 169 Å². The van der Waals surface area contributed by atoms with Crippen molar-refractivity contribution < 1.29 is 29.3 Å². The SMILES string of the molecule is CC(C)(C)OC(=O)N[C@@H](Cc1ccc(Cl)cc1)C(=O)O.O=C(O)[C@@H]1CCCN1. The van der Waals surface area contributed by atoms with Crippen molar-refractivity contribution in [2.45, 2.75) is 57.7 Å². The average molecular weight is 415 g/mol. The van der Waals surface area contributed by atoms with Crippen LogP contribution in [0.25, 0.3) is 0 Å². The number of aliphatic carboxylic acids is 2. The largest absolute Gasteiger partial charge is 0.480 e. The molecule has 4 N–H and O–H groups in total. The molecule has 1 heterocycles. The first kappa shape index (κ1) is 23.7. The van der Waals surface area contributed by atoms with Crippen LogP contribution in [0.1, 0.15) is 39.2 Å². The van der Waals surface area contributed by atoms with Crippen LogP contribution >= 0.6 is 11.6 Å². The first-order valence-electron chi connectivity index (χ1n) is 8.91. The third-order valence-corrected chi connectivity index (χ3v) is 3.95. The highest BCUT2D eigenvalue weighted by Crippen LogP contribution is 2.12. The van der Waals surface area contributed by atoms with E-state index in [-0.39, 0.29) is 12.5 Å². The van der Waals surface area contributed by atoms with Gasteiger partial charge in [0.05, 0.1) is 0 Å². The van der Waals surface area contributed by atoms with E-state index < -0.39 is 29.7 Å². The molecule has 1 fully saturated rings. The van der Waals surface area contributed by atoms with Crippen LogP contribution in [-0.2, 0) is 20.7 Å². The molecular weight excluding hydrogens is 388 g/mol. The number of hydrogen-bond acceptors (Lipinski definition) is 5. The number of carboxylic acids is 2. The minimum absolute atomic E-state index is 0.158. The van der Waals surface area contributed by atoms with Crippen LogP contribution in [0, 0.1) is 0 Å². The van der Waals surface area contributed by atoms with E-state index in [9.17, 15) is 14.4 Å². The lowest BCUT2D eigenvalue weighted by atomic mass is 10.1. The Morgan fingerprint density at radius 2 is 1.86 bits per heavy atom. The third-order valence-electron chi connectivity index (χ3n) is 3.70. The van der Waals surface area contributed by atoms with E-state index in [1.54, 1.807) is 45.0 Å². The summed E-state index contributed by atoms with van der Waals surface area (Å²) in [5.41, 5.74) is 0.0887. The Hall–Kier alpha value is -2.32. The predicted octanol–water partition coefficient (Wildman–Crippen LogP) is 2.68. The molecule has 1 saturated heterocycles. The van der Waals surface area contributed by atoms with Crippen LogP contribution in [-0.4, -0.2) is 52.5 Å². The molecule has 2 rings (SSSR count). The van der Waals surface area contributed by atoms with E-state index in [1.165, 1.54) is 0 Å². The number of carbonyl (C=O) groups is 3. The Morgan fingerprint density at radius 3 is 2.25 bits per heavy atom. The first-order chi connectivity index (χ1) is 13.0. The summed E-state index contributed by atoms with van der Waals surface area (Å²) in [6.07, 6.45) is 1.19. The van der Waals surface area contributed by atoms with E-state index in [0.717, 1.165) is 24.9 Å². The number of amides is 1. The van der Waals surface area contributed by atoms with Gasteiger partial charge in [0.25, 0.3) is 0 Å². The van der Waals surface area contributed by atoms with Crippen LogP contribution in [0.4, 0.5) is 4.79 Å². The number of ether oxygens (including phenoxy) is 1. The predicted molar refractivity (Wildman–Crippen MR) is 105 cm³/mol. The molecule has 0 spiro atoms. The van der Waals surface area contributed by atoms with Crippen molar-refractivity contribution in [2.24, 2.45) is 0 Å². The van der Waals surface area contributed by atoms with Gasteiger partial charge in [-0.05, 0) is 57.9 Å². The number of rotatable bonds is 5. The molecule has 28 heavy (non-hydrogen) atoms. The van der Waals surface area contributed by atoms with Crippen molar-refractivity contribution in [3.63, 3.8) is 0 Å². The standard InChI is InChI=1S/C14H18ClNO4.C5H9NO2/c1-14(2,3)20-13(19)16-11(12(17)18)8-9-4-6-10(15)7-5-9;7-5(8)4-2-1-3-6-4/h4-7,11H,8H2,1-3H3,(H,16,19)(H,17,18);4,6H,1-3H2,(H,7,8)/t11-;4-/m00/s1. The first-order valence-corrected chi connectivity index (χ1v) is 9.28. The molecule has 0 unspecified atom stereocenters. The molecule has 1 aromatic carbocycles. The summed E-state index contributed by atoms with van der Waals surface area (Å²) in [4.78, 5) is 32.9. The van der Waals surface area contributed by atoms with Crippen molar-refractivity contribution in [3.05, 3.63) is 34.9 Å². The number of halogens is 1. The summed E-state index contributed by atoms with van der Waals surface area (Å²) >= 11 is 5.76. The third kappa shape index (κ3) is 9.57. The quantitative estimate of drug-likeness (QED) is 0.583.